The average Bonchev–Trinajstić information content (AvgIpc) is 2.74. The third-order valence-corrected chi connectivity index (χ3v) is 4.42. The lowest BCUT2D eigenvalue weighted by molar-refractivity contribution is -0.476. The second-order valence-corrected chi connectivity index (χ2v) is 6.19. The van der Waals surface area contributed by atoms with Crippen molar-refractivity contribution in [3.63, 3.8) is 0 Å². The summed E-state index contributed by atoms with van der Waals surface area (Å²) in [4.78, 5) is 24.6. The number of thioether (sulfide) groups is 1. The number of benzene rings is 1. The second-order valence-electron chi connectivity index (χ2n) is 4.97. The Labute approximate surface area is 122 Å². The van der Waals surface area contributed by atoms with Crippen molar-refractivity contribution >= 4 is 23.4 Å². The summed E-state index contributed by atoms with van der Waals surface area (Å²) < 4.78 is 6.17. The summed E-state index contributed by atoms with van der Waals surface area (Å²) in [7, 11) is 1.61. The van der Waals surface area contributed by atoms with Gasteiger partial charge in [0.05, 0.1) is 16.8 Å². The van der Waals surface area contributed by atoms with Crippen molar-refractivity contribution in [2.75, 3.05) is 13.7 Å². The number of nitroso groups, excluding NO2 is 1. The van der Waals surface area contributed by atoms with E-state index in [-0.39, 0.29) is 17.2 Å². The van der Waals surface area contributed by atoms with Gasteiger partial charge in [-0.2, -0.15) is 0 Å². The first-order valence-electron chi connectivity index (χ1n) is 6.61. The monoisotopic (exact) mass is 295 g/mol. The molecule has 1 amide bonds. The standard InChI is InChI=1S/C14H18N2O3S/c1-9(2)14(17)15-7-6-13-16(18)11-5-4-10(19-3)8-12(11)20-13/h4-5,8-9,13H,6-7H2,1-3H3/p+1. The van der Waals surface area contributed by atoms with E-state index in [1.165, 1.54) is 11.8 Å². The predicted octanol–water partition coefficient (Wildman–Crippen LogP) is 2.70. The van der Waals surface area contributed by atoms with Gasteiger partial charge in [0, 0.05) is 35.9 Å². The number of carbonyl (C=O) groups excluding carboxylic acids is 1. The zero-order chi connectivity index (χ0) is 14.7. The molecule has 1 heterocycles. The molecule has 1 aliphatic rings. The lowest BCUT2D eigenvalue weighted by atomic mass is 10.2. The molecule has 1 aliphatic heterocycles. The van der Waals surface area contributed by atoms with Gasteiger partial charge in [0.2, 0.25) is 5.91 Å². The maximum Gasteiger partial charge on any atom is 0.271 e. The summed E-state index contributed by atoms with van der Waals surface area (Å²) >= 11 is 1.52. The molecule has 20 heavy (non-hydrogen) atoms. The van der Waals surface area contributed by atoms with Crippen LogP contribution < -0.4 is 10.1 Å². The van der Waals surface area contributed by atoms with Crippen LogP contribution >= 0.6 is 11.8 Å². The smallest absolute Gasteiger partial charge is 0.271 e. The number of carbonyl (C=O) groups is 1. The molecule has 1 unspecified atom stereocenters. The largest absolute Gasteiger partial charge is 0.497 e. The van der Waals surface area contributed by atoms with Crippen molar-refractivity contribution in [3.8, 4) is 5.75 Å². The fourth-order valence-corrected chi connectivity index (χ4v) is 3.15. The van der Waals surface area contributed by atoms with Crippen molar-refractivity contribution in [3.05, 3.63) is 23.1 Å². The van der Waals surface area contributed by atoms with Gasteiger partial charge in [0.25, 0.3) is 11.1 Å². The number of nitrogens with one attached hydrogen (secondary N) is 1. The summed E-state index contributed by atoms with van der Waals surface area (Å²) in [6.07, 6.45) is 0.615. The number of fused-ring (bicyclic) bond motifs is 1. The first-order chi connectivity index (χ1) is 9.52. The fraction of sp³-hybridized carbons (Fsp3) is 0.500. The Kier molecular flexibility index (Phi) is 4.65. The summed E-state index contributed by atoms with van der Waals surface area (Å²) in [6.45, 7) is 4.21. The van der Waals surface area contributed by atoms with Gasteiger partial charge in [0.1, 0.15) is 5.75 Å². The van der Waals surface area contributed by atoms with E-state index in [2.05, 4.69) is 5.32 Å². The SMILES string of the molecule is COc1ccc2c(c1)SC(CCNC(=O)C(C)C)[N+]2=O. The highest BCUT2D eigenvalue weighted by atomic mass is 32.2. The molecule has 0 spiro atoms. The Balaban J connectivity index is 1.93. The van der Waals surface area contributed by atoms with E-state index in [0.29, 0.717) is 18.7 Å². The lowest BCUT2D eigenvalue weighted by Crippen LogP contribution is -2.30. The molecule has 0 aromatic heterocycles. The topological polar surface area (TPSA) is 58.4 Å². The maximum atomic E-state index is 12.1. The number of nitrogens with zero attached hydrogens (tertiary/aromatic N) is 1. The number of hydrogen-bond donors (Lipinski definition) is 1. The highest BCUT2D eigenvalue weighted by Gasteiger charge is 2.39. The molecule has 2 rings (SSSR count). The molecule has 1 aromatic rings. The van der Waals surface area contributed by atoms with Crippen LogP contribution in [-0.2, 0) is 4.79 Å². The van der Waals surface area contributed by atoms with Crippen molar-refractivity contribution in [1.29, 1.82) is 0 Å². The Bertz CT molecular complexity index is 531. The molecule has 1 N–H and O–H groups in total. The number of ether oxygens (including phenoxy) is 1. The minimum absolute atomic E-state index is 0.0182. The van der Waals surface area contributed by atoms with Crippen LogP contribution in [0.4, 0.5) is 5.69 Å². The van der Waals surface area contributed by atoms with Crippen LogP contribution in [0.3, 0.4) is 0 Å². The van der Waals surface area contributed by atoms with Gasteiger partial charge in [-0.1, -0.05) is 13.8 Å². The Morgan fingerprint density at radius 1 is 1.50 bits per heavy atom. The summed E-state index contributed by atoms with van der Waals surface area (Å²) in [5.41, 5.74) is 0.677. The Morgan fingerprint density at radius 3 is 2.90 bits per heavy atom. The van der Waals surface area contributed by atoms with Gasteiger partial charge in [-0.15, -0.1) is 0 Å². The summed E-state index contributed by atoms with van der Waals surface area (Å²) in [5, 5.41) is 2.65. The molecule has 0 aliphatic carbocycles. The molecular formula is C14H19N2O3S+. The molecule has 0 bridgehead atoms. The third-order valence-electron chi connectivity index (χ3n) is 3.14. The van der Waals surface area contributed by atoms with Crippen molar-refractivity contribution in [2.24, 2.45) is 5.92 Å². The van der Waals surface area contributed by atoms with Gasteiger partial charge < -0.3 is 10.1 Å². The predicted molar refractivity (Wildman–Crippen MR) is 78.4 cm³/mol. The van der Waals surface area contributed by atoms with Crippen LogP contribution in [0.15, 0.2) is 23.1 Å². The number of rotatable bonds is 5. The van der Waals surface area contributed by atoms with Gasteiger partial charge in [-0.25, -0.2) is 0 Å². The van der Waals surface area contributed by atoms with E-state index in [1.54, 1.807) is 19.2 Å². The average molecular weight is 295 g/mol. The zero-order valence-electron chi connectivity index (χ0n) is 11.9. The summed E-state index contributed by atoms with van der Waals surface area (Å²) in [6, 6.07) is 5.44. The fourth-order valence-electron chi connectivity index (χ4n) is 1.95. The molecule has 1 aromatic carbocycles. The molecule has 0 fully saturated rings. The van der Waals surface area contributed by atoms with Gasteiger partial charge >= 0.3 is 0 Å². The zero-order valence-corrected chi connectivity index (χ0v) is 12.7. The molecule has 5 nitrogen and oxygen atoms in total. The van der Waals surface area contributed by atoms with E-state index in [9.17, 15) is 9.70 Å². The quantitative estimate of drug-likeness (QED) is 0.849. The van der Waals surface area contributed by atoms with Crippen LogP contribution in [0.1, 0.15) is 20.3 Å². The molecule has 0 saturated heterocycles. The van der Waals surface area contributed by atoms with E-state index < -0.39 is 0 Å². The van der Waals surface area contributed by atoms with E-state index in [1.807, 2.05) is 19.9 Å². The highest BCUT2D eigenvalue weighted by molar-refractivity contribution is 8.00. The van der Waals surface area contributed by atoms with Crippen molar-refractivity contribution < 1.29 is 14.3 Å². The van der Waals surface area contributed by atoms with Crippen LogP contribution in [0.5, 0.6) is 5.75 Å². The first kappa shape index (κ1) is 14.8. The first-order valence-corrected chi connectivity index (χ1v) is 7.49. The Morgan fingerprint density at radius 2 is 2.25 bits per heavy atom. The van der Waals surface area contributed by atoms with Crippen molar-refractivity contribution in [2.45, 2.75) is 30.5 Å². The number of hydrogen-bond acceptors (Lipinski definition) is 4. The highest BCUT2D eigenvalue weighted by Crippen LogP contribution is 2.44. The van der Waals surface area contributed by atoms with Crippen LogP contribution in [-0.4, -0.2) is 29.7 Å². The van der Waals surface area contributed by atoms with Gasteiger partial charge in [-0.3, -0.25) is 4.79 Å². The van der Waals surface area contributed by atoms with Crippen LogP contribution in [0.25, 0.3) is 0 Å². The second kappa shape index (κ2) is 6.26. The maximum absolute atomic E-state index is 12.1. The molecule has 6 heteroatoms. The number of methoxy groups -OCH3 is 1. The molecular weight excluding hydrogens is 276 g/mol. The van der Waals surface area contributed by atoms with E-state index in [4.69, 9.17) is 4.74 Å². The number of amides is 1. The molecule has 0 saturated carbocycles. The van der Waals surface area contributed by atoms with Crippen LogP contribution in [0.2, 0.25) is 0 Å². The van der Waals surface area contributed by atoms with Crippen molar-refractivity contribution in [1.82, 2.24) is 5.32 Å². The normalized spacial score (nSPS) is 17.2. The minimum Gasteiger partial charge on any atom is -0.497 e. The third kappa shape index (κ3) is 3.12. The molecule has 0 radical (unpaired) electrons. The molecule has 1 atom stereocenters. The summed E-state index contributed by atoms with van der Waals surface area (Å²) in [5.74, 6) is 0.735. The van der Waals surface area contributed by atoms with Crippen LogP contribution in [0, 0.1) is 10.8 Å². The van der Waals surface area contributed by atoms with Gasteiger partial charge in [-0.05, 0) is 17.8 Å². The minimum atomic E-state index is -0.190. The molecule has 108 valence electrons. The van der Waals surface area contributed by atoms with Gasteiger partial charge in [0.15, 0.2) is 0 Å². The Hall–Kier alpha value is -1.56. The lowest BCUT2D eigenvalue weighted by Gasteiger charge is -2.07. The van der Waals surface area contributed by atoms with E-state index in [0.717, 1.165) is 15.4 Å². The van der Waals surface area contributed by atoms with E-state index >= 15 is 0 Å².